The predicted octanol–water partition coefficient (Wildman–Crippen LogP) is 2.26. The van der Waals surface area contributed by atoms with E-state index < -0.39 is 16.1 Å². The van der Waals surface area contributed by atoms with Gasteiger partial charge in [0, 0.05) is 19.2 Å². The Balaban J connectivity index is 1.78. The van der Waals surface area contributed by atoms with Crippen molar-refractivity contribution in [3.63, 3.8) is 0 Å². The molecule has 0 N–H and O–H groups in total. The van der Waals surface area contributed by atoms with Crippen LogP contribution in [0, 0.1) is 10.1 Å². The van der Waals surface area contributed by atoms with Crippen LogP contribution in [0.2, 0.25) is 0 Å². The highest BCUT2D eigenvalue weighted by atomic mass is 32.2. The van der Waals surface area contributed by atoms with Crippen LogP contribution in [0.3, 0.4) is 0 Å². The molecule has 1 aromatic carbocycles. The number of rotatable bonds is 5. The molecule has 27 heavy (non-hydrogen) atoms. The van der Waals surface area contributed by atoms with E-state index in [2.05, 4.69) is 0 Å². The van der Waals surface area contributed by atoms with Crippen molar-refractivity contribution in [2.45, 2.75) is 12.8 Å². The number of carbonyl (C=O) groups is 3. The monoisotopic (exact) mass is 391 g/mol. The fraction of sp³-hybridized carbons (Fsp3) is 0.353. The van der Waals surface area contributed by atoms with Gasteiger partial charge in [0.1, 0.15) is 6.54 Å². The summed E-state index contributed by atoms with van der Waals surface area (Å²) >= 11 is 0.712. The third-order valence-corrected chi connectivity index (χ3v) is 5.23. The molecule has 0 saturated carbocycles. The van der Waals surface area contributed by atoms with Gasteiger partial charge < -0.3 is 9.64 Å². The Morgan fingerprint density at radius 1 is 1.33 bits per heavy atom. The third kappa shape index (κ3) is 3.95. The Morgan fingerprint density at radius 2 is 2.04 bits per heavy atom. The van der Waals surface area contributed by atoms with E-state index in [1.807, 2.05) is 0 Å². The summed E-state index contributed by atoms with van der Waals surface area (Å²) in [6.07, 6.45) is 3.24. The number of likely N-dealkylation sites (tertiary alicyclic amines) is 1. The van der Waals surface area contributed by atoms with Gasteiger partial charge in [-0.1, -0.05) is 6.07 Å². The van der Waals surface area contributed by atoms with E-state index in [9.17, 15) is 24.5 Å². The average Bonchev–Trinajstić information content (AvgIpc) is 3.26. The molecule has 0 aliphatic carbocycles. The summed E-state index contributed by atoms with van der Waals surface area (Å²) in [5, 5.41) is 10.6. The molecule has 3 rings (SSSR count). The lowest BCUT2D eigenvalue weighted by atomic mass is 10.1. The molecule has 0 unspecified atom stereocenters. The van der Waals surface area contributed by atoms with Gasteiger partial charge in [-0.3, -0.25) is 29.4 Å². The van der Waals surface area contributed by atoms with E-state index in [1.54, 1.807) is 11.0 Å². The van der Waals surface area contributed by atoms with Crippen LogP contribution in [-0.2, 0) is 9.59 Å². The standard InChI is InChI=1S/C17H17N3O6S/c1-26-13-5-4-11(8-12(13)20(24)25)9-14-16(22)19(17(23)27-14)10-15(21)18-6-2-3-7-18/h4-5,8-9H,2-3,6-7,10H2,1H3/b14-9+. The largest absolute Gasteiger partial charge is 0.490 e. The van der Waals surface area contributed by atoms with Crippen LogP contribution in [0.4, 0.5) is 10.5 Å². The summed E-state index contributed by atoms with van der Waals surface area (Å²) in [6, 6.07) is 4.24. The highest BCUT2D eigenvalue weighted by molar-refractivity contribution is 8.18. The number of hydrogen-bond donors (Lipinski definition) is 0. The second-order valence-electron chi connectivity index (χ2n) is 6.04. The van der Waals surface area contributed by atoms with Crippen LogP contribution in [-0.4, -0.2) is 58.5 Å². The van der Waals surface area contributed by atoms with Gasteiger partial charge in [-0.2, -0.15) is 0 Å². The van der Waals surface area contributed by atoms with Crippen LogP contribution in [0.1, 0.15) is 18.4 Å². The van der Waals surface area contributed by atoms with Crippen molar-refractivity contribution < 1.29 is 24.0 Å². The first kappa shape index (κ1) is 18.9. The summed E-state index contributed by atoms with van der Waals surface area (Å²) in [4.78, 5) is 50.0. The maximum absolute atomic E-state index is 12.5. The number of hydrogen-bond acceptors (Lipinski definition) is 7. The van der Waals surface area contributed by atoms with Crippen LogP contribution in [0.15, 0.2) is 23.1 Å². The average molecular weight is 391 g/mol. The van der Waals surface area contributed by atoms with E-state index in [0.717, 1.165) is 17.7 Å². The van der Waals surface area contributed by atoms with E-state index in [0.29, 0.717) is 30.4 Å². The lowest BCUT2D eigenvalue weighted by Gasteiger charge is -2.18. The summed E-state index contributed by atoms with van der Waals surface area (Å²) in [5.74, 6) is -0.728. The van der Waals surface area contributed by atoms with Crippen LogP contribution in [0.25, 0.3) is 6.08 Å². The Morgan fingerprint density at radius 3 is 2.67 bits per heavy atom. The fourth-order valence-electron chi connectivity index (χ4n) is 2.93. The number of nitro groups is 1. The van der Waals surface area contributed by atoms with Crippen molar-refractivity contribution in [1.29, 1.82) is 0 Å². The minimum absolute atomic E-state index is 0.0986. The van der Waals surface area contributed by atoms with E-state index in [1.165, 1.54) is 25.3 Å². The van der Waals surface area contributed by atoms with Gasteiger partial charge in [0.25, 0.3) is 11.1 Å². The molecular weight excluding hydrogens is 374 g/mol. The summed E-state index contributed by atoms with van der Waals surface area (Å²) in [5.41, 5.74) is 0.147. The van der Waals surface area contributed by atoms with E-state index >= 15 is 0 Å². The smallest absolute Gasteiger partial charge is 0.311 e. The molecule has 2 heterocycles. The number of nitrogens with zero attached hydrogens (tertiary/aromatic N) is 3. The van der Waals surface area contributed by atoms with Gasteiger partial charge in [0.2, 0.25) is 5.91 Å². The molecule has 142 valence electrons. The van der Waals surface area contributed by atoms with Gasteiger partial charge in [-0.05, 0) is 42.3 Å². The van der Waals surface area contributed by atoms with Crippen molar-refractivity contribution in [3.8, 4) is 5.75 Å². The first-order chi connectivity index (χ1) is 12.9. The van der Waals surface area contributed by atoms with E-state index in [-0.39, 0.29) is 28.8 Å². The molecule has 3 amide bonds. The number of ether oxygens (including phenoxy) is 1. The molecule has 10 heteroatoms. The quantitative estimate of drug-likeness (QED) is 0.430. The normalized spacial score (nSPS) is 18.5. The molecule has 1 aromatic rings. The molecule has 2 saturated heterocycles. The molecule has 0 spiro atoms. The summed E-state index contributed by atoms with van der Waals surface area (Å²) < 4.78 is 4.94. The number of methoxy groups -OCH3 is 1. The Bertz CT molecular complexity index is 847. The Kier molecular flexibility index (Phi) is 5.45. The second-order valence-corrected chi connectivity index (χ2v) is 7.04. The Hall–Kier alpha value is -2.88. The van der Waals surface area contributed by atoms with Crippen LogP contribution < -0.4 is 4.74 Å². The first-order valence-corrected chi connectivity index (χ1v) is 9.08. The number of carbonyl (C=O) groups excluding carboxylic acids is 3. The fourth-order valence-corrected chi connectivity index (χ4v) is 3.77. The highest BCUT2D eigenvalue weighted by Gasteiger charge is 2.37. The van der Waals surface area contributed by atoms with Gasteiger partial charge in [-0.25, -0.2) is 0 Å². The molecule has 2 aliphatic rings. The molecule has 0 radical (unpaired) electrons. The zero-order valence-corrected chi connectivity index (χ0v) is 15.4. The van der Waals surface area contributed by atoms with Crippen molar-refractivity contribution in [1.82, 2.24) is 9.80 Å². The minimum Gasteiger partial charge on any atom is -0.490 e. The van der Waals surface area contributed by atoms with Crippen LogP contribution in [0.5, 0.6) is 5.75 Å². The SMILES string of the molecule is COc1ccc(/C=C2/SC(=O)N(CC(=O)N3CCCC3)C2=O)cc1[N+](=O)[O-]. The number of amides is 3. The molecule has 0 aromatic heterocycles. The van der Waals surface area contributed by atoms with Crippen molar-refractivity contribution >= 4 is 40.6 Å². The first-order valence-electron chi connectivity index (χ1n) is 8.26. The molecule has 2 aliphatic heterocycles. The predicted molar refractivity (Wildman–Crippen MR) is 98.1 cm³/mol. The van der Waals surface area contributed by atoms with Gasteiger partial charge in [0.05, 0.1) is 16.9 Å². The molecule has 0 bridgehead atoms. The Labute approximate surface area is 159 Å². The number of imide groups is 1. The summed E-state index contributed by atoms with van der Waals surface area (Å²) in [7, 11) is 1.32. The topological polar surface area (TPSA) is 110 Å². The zero-order chi connectivity index (χ0) is 19.6. The lowest BCUT2D eigenvalue weighted by Crippen LogP contribution is -2.40. The molecule has 9 nitrogen and oxygen atoms in total. The summed E-state index contributed by atoms with van der Waals surface area (Å²) in [6.45, 7) is 0.992. The van der Waals surface area contributed by atoms with Crippen molar-refractivity contribution in [3.05, 3.63) is 38.8 Å². The minimum atomic E-state index is -0.587. The maximum atomic E-state index is 12.5. The zero-order valence-electron chi connectivity index (χ0n) is 14.5. The molecular formula is C17H17N3O6S. The van der Waals surface area contributed by atoms with Gasteiger partial charge in [-0.15, -0.1) is 0 Å². The third-order valence-electron chi connectivity index (χ3n) is 4.32. The number of nitro benzene ring substituents is 1. The lowest BCUT2D eigenvalue weighted by molar-refractivity contribution is -0.385. The second kappa shape index (κ2) is 7.78. The van der Waals surface area contributed by atoms with Crippen molar-refractivity contribution in [2.75, 3.05) is 26.7 Å². The number of thioether (sulfide) groups is 1. The van der Waals surface area contributed by atoms with Crippen LogP contribution >= 0.6 is 11.8 Å². The maximum Gasteiger partial charge on any atom is 0.311 e. The molecule has 2 fully saturated rings. The van der Waals surface area contributed by atoms with Crippen molar-refractivity contribution in [2.24, 2.45) is 0 Å². The molecule has 0 atom stereocenters. The van der Waals surface area contributed by atoms with Gasteiger partial charge in [0.15, 0.2) is 5.75 Å². The van der Waals surface area contributed by atoms with E-state index in [4.69, 9.17) is 4.74 Å². The number of benzene rings is 1. The highest BCUT2D eigenvalue weighted by Crippen LogP contribution is 2.34. The van der Waals surface area contributed by atoms with Gasteiger partial charge >= 0.3 is 5.69 Å².